The third-order valence-electron chi connectivity index (χ3n) is 5.00. The summed E-state index contributed by atoms with van der Waals surface area (Å²) in [5, 5.41) is 10.6. The highest BCUT2D eigenvalue weighted by atomic mass is 19.1. The zero-order valence-corrected chi connectivity index (χ0v) is 22.3. The monoisotopic (exact) mass is 594 g/mol. The van der Waals surface area contributed by atoms with Crippen molar-refractivity contribution in [3.63, 3.8) is 0 Å². The van der Waals surface area contributed by atoms with E-state index >= 15 is 0 Å². The van der Waals surface area contributed by atoms with E-state index in [2.05, 4.69) is 14.8 Å². The van der Waals surface area contributed by atoms with Crippen molar-refractivity contribution in [3.05, 3.63) is 90.0 Å². The molecule has 42 heavy (non-hydrogen) atoms. The molecular formula is C28H26F4N2O8. The first-order valence-corrected chi connectivity index (χ1v) is 12.0. The van der Waals surface area contributed by atoms with Crippen molar-refractivity contribution in [1.82, 2.24) is 5.32 Å². The van der Waals surface area contributed by atoms with Gasteiger partial charge in [-0.2, -0.15) is 0 Å². The summed E-state index contributed by atoms with van der Waals surface area (Å²) in [6.07, 6.45) is 0. The van der Waals surface area contributed by atoms with Crippen molar-refractivity contribution in [1.29, 1.82) is 0 Å². The number of ether oxygens (including phenoxy) is 3. The van der Waals surface area contributed by atoms with Gasteiger partial charge in [0.1, 0.15) is 47.4 Å². The van der Waals surface area contributed by atoms with Crippen LogP contribution >= 0.6 is 0 Å². The lowest BCUT2D eigenvalue weighted by atomic mass is 10.2. The first kappa shape index (κ1) is 33.1. The fourth-order valence-corrected chi connectivity index (χ4v) is 3.19. The van der Waals surface area contributed by atoms with Gasteiger partial charge in [-0.05, 0) is 19.1 Å². The molecule has 0 saturated carbocycles. The normalized spacial score (nSPS) is 10.8. The van der Waals surface area contributed by atoms with Gasteiger partial charge >= 0.3 is 11.9 Å². The Labute approximate surface area is 237 Å². The highest BCUT2D eigenvalue weighted by molar-refractivity contribution is 6.02. The number of carbonyl (C=O) groups excluding carboxylic acids is 3. The molecule has 3 rings (SSSR count). The highest BCUT2D eigenvalue weighted by Crippen LogP contribution is 2.17. The Balaban J connectivity index is 0.000000395. The van der Waals surface area contributed by atoms with Crippen LogP contribution in [0.1, 0.15) is 6.92 Å². The Bertz CT molecular complexity index is 1350. The zero-order chi connectivity index (χ0) is 31.2. The minimum atomic E-state index is -1.20. The van der Waals surface area contributed by atoms with Crippen LogP contribution in [0, 0.1) is 23.3 Å². The SMILES string of the molecule is COC(=O)CN(C(=O)[C@H](C)NC(=O)COc1cc(F)cc(F)c1)c1ccccc1.O=C(O)COc1cc(F)cc(F)c1. The number of anilines is 1. The van der Waals surface area contributed by atoms with Crippen LogP contribution in [0.25, 0.3) is 0 Å². The van der Waals surface area contributed by atoms with E-state index < -0.39 is 66.3 Å². The number of para-hydroxylation sites is 1. The van der Waals surface area contributed by atoms with E-state index in [1.165, 1.54) is 18.9 Å². The van der Waals surface area contributed by atoms with Crippen molar-refractivity contribution in [2.75, 3.05) is 31.8 Å². The van der Waals surface area contributed by atoms with Crippen LogP contribution in [-0.4, -0.2) is 61.8 Å². The average Bonchev–Trinajstić information content (AvgIpc) is 2.93. The number of carboxylic acids is 1. The van der Waals surface area contributed by atoms with Gasteiger partial charge in [-0.15, -0.1) is 0 Å². The summed E-state index contributed by atoms with van der Waals surface area (Å²) in [6, 6.07) is 12.4. The van der Waals surface area contributed by atoms with Gasteiger partial charge in [0.2, 0.25) is 5.91 Å². The fraction of sp³-hybridized carbons (Fsp3) is 0.214. The zero-order valence-electron chi connectivity index (χ0n) is 22.3. The van der Waals surface area contributed by atoms with Crippen LogP contribution in [-0.2, 0) is 23.9 Å². The number of amides is 2. The molecule has 14 heteroatoms. The Morgan fingerprint density at radius 1 is 0.810 bits per heavy atom. The Morgan fingerprint density at radius 2 is 1.29 bits per heavy atom. The molecule has 0 fully saturated rings. The smallest absolute Gasteiger partial charge is 0.341 e. The third-order valence-corrected chi connectivity index (χ3v) is 5.00. The number of aliphatic carboxylic acids is 1. The summed E-state index contributed by atoms with van der Waals surface area (Å²) in [6.45, 7) is -0.0698. The number of halogens is 4. The number of rotatable bonds is 11. The molecule has 2 N–H and O–H groups in total. The first-order chi connectivity index (χ1) is 19.9. The van der Waals surface area contributed by atoms with Gasteiger partial charge in [0.15, 0.2) is 13.2 Å². The number of esters is 1. The molecule has 0 aromatic heterocycles. The molecule has 0 bridgehead atoms. The second-order valence-corrected chi connectivity index (χ2v) is 8.31. The Hall–Kier alpha value is -5.14. The number of nitrogens with one attached hydrogen (secondary N) is 1. The quantitative estimate of drug-likeness (QED) is 0.255. The summed E-state index contributed by atoms with van der Waals surface area (Å²) < 4.78 is 65.5. The maximum Gasteiger partial charge on any atom is 0.341 e. The minimum absolute atomic E-state index is 0.139. The number of carboxylic acid groups (broad SMARTS) is 1. The molecule has 10 nitrogen and oxygen atoms in total. The fourth-order valence-electron chi connectivity index (χ4n) is 3.19. The molecule has 0 saturated heterocycles. The van der Waals surface area contributed by atoms with Gasteiger partial charge < -0.3 is 24.6 Å². The number of hydrogen-bond acceptors (Lipinski definition) is 7. The van der Waals surface area contributed by atoms with E-state index in [1.54, 1.807) is 30.3 Å². The standard InChI is InChI=1S/C20H20F2N2O5.C8H6F2O3/c1-13(23-18(25)12-29-17-9-14(21)8-15(22)10-17)20(27)24(11-19(26)28-2)16-6-4-3-5-7-16;9-5-1-6(10)3-7(2-5)13-4-8(11)12/h3-10,13H,11-12H2,1-2H3,(H,23,25);1-3H,4H2,(H,11,12)/t13-;/m0./s1. The molecule has 0 unspecified atom stereocenters. The molecule has 0 radical (unpaired) electrons. The van der Waals surface area contributed by atoms with Gasteiger partial charge in [-0.1, -0.05) is 18.2 Å². The molecule has 0 spiro atoms. The Morgan fingerprint density at radius 3 is 1.74 bits per heavy atom. The van der Waals surface area contributed by atoms with Crippen molar-refractivity contribution >= 4 is 29.4 Å². The molecule has 3 aromatic rings. The van der Waals surface area contributed by atoms with Crippen molar-refractivity contribution in [3.8, 4) is 11.5 Å². The summed E-state index contributed by atoms with van der Waals surface area (Å²) in [4.78, 5) is 47.7. The Kier molecular flexibility index (Phi) is 12.8. The van der Waals surface area contributed by atoms with Crippen molar-refractivity contribution in [2.24, 2.45) is 0 Å². The summed E-state index contributed by atoms with van der Waals surface area (Å²) >= 11 is 0. The van der Waals surface area contributed by atoms with Gasteiger partial charge in [0.05, 0.1) is 7.11 Å². The van der Waals surface area contributed by atoms with Crippen LogP contribution < -0.4 is 19.7 Å². The maximum absolute atomic E-state index is 13.1. The van der Waals surface area contributed by atoms with Gasteiger partial charge in [0.25, 0.3) is 5.91 Å². The molecule has 0 aliphatic heterocycles. The molecule has 1 atom stereocenters. The number of carbonyl (C=O) groups is 4. The molecule has 2 amide bonds. The summed E-state index contributed by atoms with van der Waals surface area (Å²) in [5.41, 5.74) is 0.454. The van der Waals surface area contributed by atoms with E-state index in [4.69, 9.17) is 9.84 Å². The molecule has 0 aliphatic rings. The second kappa shape index (κ2) is 16.2. The number of benzene rings is 3. The van der Waals surface area contributed by atoms with Crippen LogP contribution in [0.5, 0.6) is 11.5 Å². The summed E-state index contributed by atoms with van der Waals surface area (Å²) in [7, 11) is 1.20. The van der Waals surface area contributed by atoms with Crippen molar-refractivity contribution < 1.29 is 56.1 Å². The molecular weight excluding hydrogens is 568 g/mol. The maximum atomic E-state index is 13.1. The second-order valence-electron chi connectivity index (χ2n) is 8.31. The van der Waals surface area contributed by atoms with Crippen molar-refractivity contribution in [2.45, 2.75) is 13.0 Å². The highest BCUT2D eigenvalue weighted by Gasteiger charge is 2.25. The van der Waals surface area contributed by atoms with E-state index in [-0.39, 0.29) is 18.0 Å². The molecule has 224 valence electrons. The van der Waals surface area contributed by atoms with Crippen LogP contribution in [0.3, 0.4) is 0 Å². The lowest BCUT2D eigenvalue weighted by molar-refractivity contribution is -0.140. The largest absolute Gasteiger partial charge is 0.484 e. The molecule has 0 aliphatic carbocycles. The lowest BCUT2D eigenvalue weighted by Gasteiger charge is -2.25. The van der Waals surface area contributed by atoms with Gasteiger partial charge in [0, 0.05) is 42.1 Å². The van der Waals surface area contributed by atoms with E-state index in [1.807, 2.05) is 0 Å². The van der Waals surface area contributed by atoms with Crippen LogP contribution in [0.2, 0.25) is 0 Å². The van der Waals surface area contributed by atoms with Gasteiger partial charge in [-0.3, -0.25) is 19.3 Å². The average molecular weight is 595 g/mol. The summed E-state index contributed by atoms with van der Waals surface area (Å²) in [5.74, 6) is -6.65. The van der Waals surface area contributed by atoms with E-state index in [9.17, 15) is 36.7 Å². The molecule has 0 heterocycles. The van der Waals surface area contributed by atoms with Gasteiger partial charge in [-0.25, -0.2) is 22.4 Å². The topological polar surface area (TPSA) is 131 Å². The number of hydrogen-bond donors (Lipinski definition) is 2. The number of nitrogens with zero attached hydrogens (tertiary/aromatic N) is 1. The predicted octanol–water partition coefficient (Wildman–Crippen LogP) is 3.48. The minimum Gasteiger partial charge on any atom is -0.484 e. The van der Waals surface area contributed by atoms with E-state index in [0.717, 1.165) is 24.3 Å². The number of methoxy groups -OCH3 is 1. The lowest BCUT2D eigenvalue weighted by Crippen LogP contribution is -2.49. The predicted molar refractivity (Wildman–Crippen MR) is 140 cm³/mol. The van der Waals surface area contributed by atoms with E-state index in [0.29, 0.717) is 17.8 Å². The van der Waals surface area contributed by atoms with Crippen LogP contribution in [0.4, 0.5) is 23.2 Å². The first-order valence-electron chi connectivity index (χ1n) is 12.0. The third kappa shape index (κ3) is 11.5. The molecule has 3 aromatic carbocycles. The van der Waals surface area contributed by atoms with Crippen LogP contribution in [0.15, 0.2) is 66.7 Å².